The van der Waals surface area contributed by atoms with Crippen molar-refractivity contribution in [2.75, 3.05) is 13.1 Å². The van der Waals surface area contributed by atoms with E-state index in [2.05, 4.69) is 28.3 Å². The number of rotatable bonds is 8. The number of amides is 1. The number of aryl methyl sites for hydroxylation is 1. The van der Waals surface area contributed by atoms with E-state index in [-0.39, 0.29) is 18.3 Å². The molecule has 1 saturated heterocycles. The fourth-order valence-electron chi connectivity index (χ4n) is 5.76. The van der Waals surface area contributed by atoms with Crippen LogP contribution in [-0.4, -0.2) is 49.7 Å². The predicted molar refractivity (Wildman–Crippen MR) is 156 cm³/mol. The largest absolute Gasteiger partial charge is 0.488 e. The highest BCUT2D eigenvalue weighted by atomic mass is 19.4. The van der Waals surface area contributed by atoms with Gasteiger partial charge in [-0.3, -0.25) is 4.79 Å². The smallest absolute Gasteiger partial charge is 0.434 e. The molecule has 2 aromatic carbocycles. The molecule has 11 heteroatoms. The molecule has 0 bridgehead atoms. The number of carbonyl (C=O) groups excluding carboxylic acids is 1. The van der Waals surface area contributed by atoms with Crippen molar-refractivity contribution in [1.29, 1.82) is 0 Å². The van der Waals surface area contributed by atoms with Gasteiger partial charge < -0.3 is 14.7 Å². The van der Waals surface area contributed by atoms with Crippen LogP contribution in [0.2, 0.25) is 0 Å². The molecular formula is C33H31F3N4O4. The van der Waals surface area contributed by atoms with Crippen molar-refractivity contribution in [3.63, 3.8) is 0 Å². The van der Waals surface area contributed by atoms with Crippen LogP contribution in [0, 0.1) is 12.8 Å². The number of benzene rings is 2. The number of piperidine rings is 1. The molecule has 2 fully saturated rings. The number of carbonyl (C=O) groups is 2. The maximum atomic E-state index is 13.8. The number of halogens is 3. The Kier molecular flexibility index (Phi) is 7.87. The lowest BCUT2D eigenvalue weighted by Gasteiger charge is -2.32. The van der Waals surface area contributed by atoms with Gasteiger partial charge >= 0.3 is 12.1 Å². The first-order valence-corrected chi connectivity index (χ1v) is 14.6. The van der Waals surface area contributed by atoms with E-state index >= 15 is 0 Å². The van der Waals surface area contributed by atoms with Gasteiger partial charge in [0.05, 0.1) is 11.9 Å². The van der Waals surface area contributed by atoms with Crippen LogP contribution in [0.1, 0.15) is 64.3 Å². The highest BCUT2D eigenvalue weighted by Gasteiger charge is 2.41. The van der Waals surface area contributed by atoms with E-state index in [1.165, 1.54) is 17.7 Å². The summed E-state index contributed by atoms with van der Waals surface area (Å²) in [5.41, 5.74) is 1.89. The summed E-state index contributed by atoms with van der Waals surface area (Å²) in [6.07, 6.45) is -0.329. The number of carboxylic acids is 1. The second-order valence-corrected chi connectivity index (χ2v) is 11.3. The normalized spacial score (nSPS) is 15.8. The van der Waals surface area contributed by atoms with Gasteiger partial charge in [-0.2, -0.15) is 18.3 Å². The SMILES string of the molecule is Cc1cc(C2CCN(C(=O)C3CC3)CC2)ccc1COc1ccccc1-c1cccc(-n2ncc(C(=O)O)c2C(F)(F)F)n1. The highest BCUT2D eigenvalue weighted by molar-refractivity contribution is 5.89. The first kappa shape index (κ1) is 29.4. The Bertz CT molecular complexity index is 1710. The van der Waals surface area contributed by atoms with Gasteiger partial charge in [0.15, 0.2) is 11.5 Å². The maximum absolute atomic E-state index is 13.8. The van der Waals surface area contributed by atoms with Crippen LogP contribution in [0.4, 0.5) is 13.2 Å². The standard InChI is InChI=1S/C33H31F3N4O4/c1-20-17-23(21-13-15-39(16-14-21)31(41)22-9-10-22)11-12-24(20)19-44-28-7-3-2-5-25(28)27-6-4-8-29(38-27)40-30(33(34,35)36)26(18-37-40)32(42)43/h2-8,11-12,17-18,21-22H,9-10,13-16,19H2,1H3,(H,42,43). The topological polar surface area (TPSA) is 97.6 Å². The van der Waals surface area contributed by atoms with E-state index in [0.29, 0.717) is 39.7 Å². The minimum atomic E-state index is -4.96. The molecule has 2 aromatic heterocycles. The zero-order valence-electron chi connectivity index (χ0n) is 24.1. The third-order valence-corrected chi connectivity index (χ3v) is 8.34. The third-order valence-electron chi connectivity index (χ3n) is 8.34. The summed E-state index contributed by atoms with van der Waals surface area (Å²) in [5, 5.41) is 12.9. The van der Waals surface area contributed by atoms with Crippen molar-refractivity contribution in [2.24, 2.45) is 5.92 Å². The van der Waals surface area contributed by atoms with E-state index < -0.39 is 23.4 Å². The molecule has 4 aromatic rings. The summed E-state index contributed by atoms with van der Waals surface area (Å²) in [4.78, 5) is 30.2. The molecule has 228 valence electrons. The molecule has 8 nitrogen and oxygen atoms in total. The van der Waals surface area contributed by atoms with Crippen LogP contribution < -0.4 is 4.74 Å². The van der Waals surface area contributed by atoms with E-state index in [1.54, 1.807) is 30.3 Å². The van der Waals surface area contributed by atoms with E-state index in [9.17, 15) is 27.9 Å². The van der Waals surface area contributed by atoms with Gasteiger partial charge in [-0.05, 0) is 79.5 Å². The Morgan fingerprint density at radius 3 is 2.43 bits per heavy atom. The molecular weight excluding hydrogens is 573 g/mol. The van der Waals surface area contributed by atoms with Crippen LogP contribution in [-0.2, 0) is 17.6 Å². The van der Waals surface area contributed by atoms with E-state index in [0.717, 1.165) is 49.9 Å². The molecule has 0 atom stereocenters. The molecule has 0 radical (unpaired) electrons. The predicted octanol–water partition coefficient (Wildman–Crippen LogP) is 6.65. The lowest BCUT2D eigenvalue weighted by molar-refractivity contribution is -0.143. The Hall–Kier alpha value is -4.67. The third kappa shape index (κ3) is 6.04. The number of likely N-dealkylation sites (tertiary alicyclic amines) is 1. The van der Waals surface area contributed by atoms with Gasteiger partial charge in [0, 0.05) is 24.6 Å². The number of pyridine rings is 1. The summed E-state index contributed by atoms with van der Waals surface area (Å²) in [5.74, 6) is -0.433. The summed E-state index contributed by atoms with van der Waals surface area (Å²) in [6, 6.07) is 18.0. The molecule has 1 aliphatic carbocycles. The minimum Gasteiger partial charge on any atom is -0.488 e. The van der Waals surface area contributed by atoms with Crippen LogP contribution in [0.5, 0.6) is 5.75 Å². The Balaban J connectivity index is 1.18. The molecule has 1 aliphatic heterocycles. The van der Waals surface area contributed by atoms with Crippen molar-refractivity contribution in [3.8, 4) is 22.8 Å². The fourth-order valence-corrected chi connectivity index (χ4v) is 5.76. The molecule has 1 amide bonds. The maximum Gasteiger partial charge on any atom is 0.434 e. The Morgan fingerprint density at radius 1 is 1.00 bits per heavy atom. The first-order chi connectivity index (χ1) is 21.1. The van der Waals surface area contributed by atoms with Crippen molar-refractivity contribution in [3.05, 3.63) is 94.8 Å². The number of carboxylic acid groups (broad SMARTS) is 1. The minimum absolute atomic E-state index is 0.175. The second-order valence-electron chi connectivity index (χ2n) is 11.3. The van der Waals surface area contributed by atoms with Crippen LogP contribution in [0.25, 0.3) is 17.1 Å². The lowest BCUT2D eigenvalue weighted by atomic mass is 9.87. The van der Waals surface area contributed by atoms with Crippen LogP contribution in [0.15, 0.2) is 66.9 Å². The zero-order chi connectivity index (χ0) is 31.0. The molecule has 0 spiro atoms. The number of nitrogens with zero attached hydrogens (tertiary/aromatic N) is 4. The summed E-state index contributed by atoms with van der Waals surface area (Å²) < 4.78 is 48.1. The van der Waals surface area contributed by atoms with Gasteiger partial charge in [0.25, 0.3) is 0 Å². The van der Waals surface area contributed by atoms with Crippen LogP contribution in [0.3, 0.4) is 0 Å². The van der Waals surface area contributed by atoms with Gasteiger partial charge in [0.1, 0.15) is 17.9 Å². The first-order valence-electron chi connectivity index (χ1n) is 14.6. The van der Waals surface area contributed by atoms with Crippen molar-refractivity contribution in [1.82, 2.24) is 19.7 Å². The average Bonchev–Trinajstić information content (AvgIpc) is 3.76. The monoisotopic (exact) mass is 604 g/mol. The number of hydrogen-bond donors (Lipinski definition) is 1. The molecule has 0 unspecified atom stereocenters. The number of aromatic carboxylic acids is 1. The van der Waals surface area contributed by atoms with Gasteiger partial charge in [-0.1, -0.05) is 36.4 Å². The summed E-state index contributed by atoms with van der Waals surface area (Å²) in [6.45, 7) is 3.91. The molecule has 44 heavy (non-hydrogen) atoms. The van der Waals surface area contributed by atoms with Gasteiger partial charge in [-0.15, -0.1) is 0 Å². The number of para-hydroxylation sites is 1. The lowest BCUT2D eigenvalue weighted by Crippen LogP contribution is -2.38. The molecule has 3 heterocycles. The van der Waals surface area contributed by atoms with Crippen molar-refractivity contribution < 1.29 is 32.6 Å². The zero-order valence-corrected chi connectivity index (χ0v) is 24.1. The molecule has 1 saturated carbocycles. The number of ether oxygens (including phenoxy) is 1. The van der Waals surface area contributed by atoms with Crippen LogP contribution >= 0.6 is 0 Å². The highest BCUT2D eigenvalue weighted by Crippen LogP contribution is 2.36. The van der Waals surface area contributed by atoms with E-state index in [1.807, 2.05) is 11.8 Å². The van der Waals surface area contributed by atoms with Crippen molar-refractivity contribution >= 4 is 11.9 Å². The van der Waals surface area contributed by atoms with Gasteiger partial charge in [0.2, 0.25) is 5.91 Å². The summed E-state index contributed by atoms with van der Waals surface area (Å²) >= 11 is 0. The number of alkyl halides is 3. The van der Waals surface area contributed by atoms with Gasteiger partial charge in [-0.25, -0.2) is 14.5 Å². The average molecular weight is 605 g/mol. The molecule has 2 aliphatic rings. The van der Waals surface area contributed by atoms with Crippen molar-refractivity contribution in [2.45, 2.75) is 51.3 Å². The summed E-state index contributed by atoms with van der Waals surface area (Å²) in [7, 11) is 0. The van der Waals surface area contributed by atoms with E-state index in [4.69, 9.17) is 4.74 Å². The Labute approximate surface area is 252 Å². The second kappa shape index (κ2) is 11.8. The molecule has 1 N–H and O–H groups in total. The fraction of sp³-hybridized carbons (Fsp3) is 0.333. The number of aromatic nitrogens is 3. The Morgan fingerprint density at radius 2 is 1.75 bits per heavy atom. The quantitative estimate of drug-likeness (QED) is 0.242. The molecule has 6 rings (SSSR count). The number of hydrogen-bond acceptors (Lipinski definition) is 5.